The van der Waals surface area contributed by atoms with Crippen LogP contribution in [0.15, 0.2) is 0 Å². The van der Waals surface area contributed by atoms with E-state index in [0.29, 0.717) is 26.1 Å². The monoisotopic (exact) mass is 342 g/mol. The van der Waals surface area contributed by atoms with Gasteiger partial charge in [0.1, 0.15) is 0 Å². The number of carbonyl (C=O) groups excluding carboxylic acids is 2. The molecule has 0 unspecified atom stereocenters. The minimum absolute atomic E-state index is 0.0459. The SMILES string of the molecule is CCCOC(=O)CCCCCCCCCCCCC(=O)OCCC. The first kappa shape index (κ1) is 22.9. The number of hydrogen-bond donors (Lipinski definition) is 0. The molecule has 0 aromatic rings. The Bertz CT molecular complexity index is 272. The number of carbonyl (C=O) groups is 2. The van der Waals surface area contributed by atoms with Crippen LogP contribution in [0.4, 0.5) is 0 Å². The Balaban J connectivity index is 3.15. The van der Waals surface area contributed by atoms with Crippen molar-refractivity contribution in [3.05, 3.63) is 0 Å². The van der Waals surface area contributed by atoms with Crippen LogP contribution in [0.3, 0.4) is 0 Å². The molecule has 0 aromatic carbocycles. The number of hydrogen-bond acceptors (Lipinski definition) is 4. The van der Waals surface area contributed by atoms with Crippen molar-refractivity contribution in [1.82, 2.24) is 0 Å². The van der Waals surface area contributed by atoms with E-state index in [0.717, 1.165) is 38.5 Å². The van der Waals surface area contributed by atoms with Crippen molar-refractivity contribution in [2.24, 2.45) is 0 Å². The van der Waals surface area contributed by atoms with Gasteiger partial charge in [-0.1, -0.05) is 65.2 Å². The minimum Gasteiger partial charge on any atom is -0.466 e. The summed E-state index contributed by atoms with van der Waals surface area (Å²) in [6, 6.07) is 0. The number of rotatable bonds is 17. The van der Waals surface area contributed by atoms with Gasteiger partial charge in [-0.25, -0.2) is 0 Å². The molecule has 0 amide bonds. The molecule has 0 rings (SSSR count). The second kappa shape index (κ2) is 18.3. The van der Waals surface area contributed by atoms with Crippen molar-refractivity contribution in [1.29, 1.82) is 0 Å². The van der Waals surface area contributed by atoms with E-state index in [1.54, 1.807) is 0 Å². The van der Waals surface area contributed by atoms with E-state index in [-0.39, 0.29) is 11.9 Å². The van der Waals surface area contributed by atoms with Crippen molar-refractivity contribution >= 4 is 11.9 Å². The molecule has 142 valence electrons. The van der Waals surface area contributed by atoms with E-state index in [2.05, 4.69) is 0 Å². The number of esters is 2. The van der Waals surface area contributed by atoms with Gasteiger partial charge in [-0.05, 0) is 25.7 Å². The fourth-order valence-electron chi connectivity index (χ4n) is 2.53. The zero-order chi connectivity index (χ0) is 17.9. The van der Waals surface area contributed by atoms with Crippen molar-refractivity contribution in [2.45, 2.75) is 104 Å². The van der Waals surface area contributed by atoms with E-state index < -0.39 is 0 Å². The maximum absolute atomic E-state index is 11.3. The van der Waals surface area contributed by atoms with E-state index in [9.17, 15) is 9.59 Å². The minimum atomic E-state index is -0.0459. The Hall–Kier alpha value is -1.06. The second-order valence-electron chi connectivity index (χ2n) is 6.48. The van der Waals surface area contributed by atoms with Gasteiger partial charge in [-0.15, -0.1) is 0 Å². The summed E-state index contributed by atoms with van der Waals surface area (Å²) in [5.41, 5.74) is 0. The summed E-state index contributed by atoms with van der Waals surface area (Å²) in [5.74, 6) is -0.0918. The first-order valence-corrected chi connectivity index (χ1v) is 10.0. The molecule has 0 aromatic heterocycles. The molecule has 0 aliphatic carbocycles. The van der Waals surface area contributed by atoms with Gasteiger partial charge in [0, 0.05) is 12.8 Å². The van der Waals surface area contributed by atoms with Crippen molar-refractivity contribution < 1.29 is 19.1 Å². The van der Waals surface area contributed by atoms with Gasteiger partial charge >= 0.3 is 11.9 Å². The molecule has 0 aliphatic heterocycles. The molecule has 0 fully saturated rings. The summed E-state index contributed by atoms with van der Waals surface area (Å²) in [4.78, 5) is 22.6. The molecule has 0 aliphatic rings. The average molecular weight is 343 g/mol. The molecule has 0 bridgehead atoms. The molecule has 0 saturated heterocycles. The fraction of sp³-hybridized carbons (Fsp3) is 0.900. The molecule has 4 nitrogen and oxygen atoms in total. The fourth-order valence-corrected chi connectivity index (χ4v) is 2.53. The highest BCUT2D eigenvalue weighted by Gasteiger charge is 2.02. The van der Waals surface area contributed by atoms with Crippen molar-refractivity contribution in [2.75, 3.05) is 13.2 Å². The third-order valence-electron chi connectivity index (χ3n) is 3.95. The third kappa shape index (κ3) is 17.3. The van der Waals surface area contributed by atoms with Gasteiger partial charge in [0.25, 0.3) is 0 Å². The van der Waals surface area contributed by atoms with Crippen LogP contribution < -0.4 is 0 Å². The van der Waals surface area contributed by atoms with Crippen LogP contribution in [-0.4, -0.2) is 25.2 Å². The third-order valence-corrected chi connectivity index (χ3v) is 3.95. The summed E-state index contributed by atoms with van der Waals surface area (Å²) in [6.45, 7) is 5.13. The summed E-state index contributed by atoms with van der Waals surface area (Å²) in [7, 11) is 0. The highest BCUT2D eigenvalue weighted by atomic mass is 16.5. The maximum Gasteiger partial charge on any atom is 0.305 e. The molecule has 0 heterocycles. The topological polar surface area (TPSA) is 52.6 Å². The largest absolute Gasteiger partial charge is 0.466 e. The average Bonchev–Trinajstić information content (AvgIpc) is 2.58. The first-order chi connectivity index (χ1) is 11.7. The van der Waals surface area contributed by atoms with E-state index in [4.69, 9.17) is 9.47 Å². The van der Waals surface area contributed by atoms with Crippen LogP contribution in [0.2, 0.25) is 0 Å². The highest BCUT2D eigenvalue weighted by Crippen LogP contribution is 2.12. The number of ether oxygens (including phenoxy) is 2. The summed E-state index contributed by atoms with van der Waals surface area (Å²) in [5, 5.41) is 0. The molecule has 0 atom stereocenters. The van der Waals surface area contributed by atoms with E-state index in [1.807, 2.05) is 13.8 Å². The van der Waals surface area contributed by atoms with Gasteiger partial charge in [0.05, 0.1) is 13.2 Å². The molecule has 0 N–H and O–H groups in total. The Kier molecular flexibility index (Phi) is 17.5. The second-order valence-corrected chi connectivity index (χ2v) is 6.48. The lowest BCUT2D eigenvalue weighted by Crippen LogP contribution is -2.04. The predicted molar refractivity (Wildman–Crippen MR) is 97.9 cm³/mol. The van der Waals surface area contributed by atoms with Gasteiger partial charge in [-0.2, -0.15) is 0 Å². The zero-order valence-corrected chi connectivity index (χ0v) is 15.9. The summed E-state index contributed by atoms with van der Waals surface area (Å²) < 4.78 is 10.1. The Morgan fingerprint density at radius 2 is 0.833 bits per heavy atom. The quantitative estimate of drug-likeness (QED) is 0.256. The van der Waals surface area contributed by atoms with Crippen LogP contribution >= 0.6 is 0 Å². The van der Waals surface area contributed by atoms with Gasteiger partial charge < -0.3 is 9.47 Å². The Morgan fingerprint density at radius 3 is 1.12 bits per heavy atom. The smallest absolute Gasteiger partial charge is 0.305 e. The predicted octanol–water partition coefficient (Wildman–Crippen LogP) is 5.57. The molecule has 0 radical (unpaired) electrons. The molecule has 0 spiro atoms. The lowest BCUT2D eigenvalue weighted by Gasteiger charge is -2.04. The summed E-state index contributed by atoms with van der Waals surface area (Å²) in [6.07, 6.45) is 14.6. The summed E-state index contributed by atoms with van der Waals surface area (Å²) >= 11 is 0. The molecule has 24 heavy (non-hydrogen) atoms. The molecular formula is C20H38O4. The van der Waals surface area contributed by atoms with E-state index >= 15 is 0 Å². The van der Waals surface area contributed by atoms with Crippen LogP contribution in [0.1, 0.15) is 104 Å². The normalized spacial score (nSPS) is 10.6. The maximum atomic E-state index is 11.3. The van der Waals surface area contributed by atoms with Crippen molar-refractivity contribution in [3.63, 3.8) is 0 Å². The first-order valence-electron chi connectivity index (χ1n) is 10.0. The van der Waals surface area contributed by atoms with Crippen LogP contribution in [-0.2, 0) is 19.1 Å². The van der Waals surface area contributed by atoms with Gasteiger partial charge in [0.2, 0.25) is 0 Å². The van der Waals surface area contributed by atoms with Crippen LogP contribution in [0, 0.1) is 0 Å². The van der Waals surface area contributed by atoms with E-state index in [1.165, 1.54) is 38.5 Å². The number of unbranched alkanes of at least 4 members (excludes halogenated alkanes) is 9. The van der Waals surface area contributed by atoms with Crippen molar-refractivity contribution in [3.8, 4) is 0 Å². The molecule has 4 heteroatoms. The highest BCUT2D eigenvalue weighted by molar-refractivity contribution is 5.69. The Labute approximate surface area is 148 Å². The molecular weight excluding hydrogens is 304 g/mol. The van der Waals surface area contributed by atoms with Crippen LogP contribution in [0.5, 0.6) is 0 Å². The van der Waals surface area contributed by atoms with Crippen LogP contribution in [0.25, 0.3) is 0 Å². The Morgan fingerprint density at radius 1 is 0.542 bits per heavy atom. The standard InChI is InChI=1S/C20H38O4/c1-3-17-23-19(21)15-13-11-9-7-5-6-8-10-12-14-16-20(22)24-18-4-2/h3-18H2,1-2H3. The molecule has 0 saturated carbocycles. The zero-order valence-electron chi connectivity index (χ0n) is 15.9. The van der Waals surface area contributed by atoms with Gasteiger partial charge in [0.15, 0.2) is 0 Å². The van der Waals surface area contributed by atoms with Gasteiger partial charge in [-0.3, -0.25) is 9.59 Å². The lowest BCUT2D eigenvalue weighted by molar-refractivity contribution is -0.144. The lowest BCUT2D eigenvalue weighted by atomic mass is 10.1.